The van der Waals surface area contributed by atoms with Gasteiger partial charge in [0, 0.05) is 36.8 Å². The number of hydrogen-bond acceptors (Lipinski definition) is 8. The van der Waals surface area contributed by atoms with Crippen LogP contribution in [0.5, 0.6) is 0 Å². The van der Waals surface area contributed by atoms with Gasteiger partial charge in [0.15, 0.2) is 0 Å². The molecule has 0 aromatic heterocycles. The lowest BCUT2D eigenvalue weighted by Crippen LogP contribution is -2.42. The van der Waals surface area contributed by atoms with Crippen LogP contribution in [-0.2, 0) is 4.79 Å². The van der Waals surface area contributed by atoms with Gasteiger partial charge in [-0.1, -0.05) is 168 Å². The van der Waals surface area contributed by atoms with E-state index in [1.807, 2.05) is 13.8 Å². The van der Waals surface area contributed by atoms with E-state index in [9.17, 15) is 15.0 Å². The predicted molar refractivity (Wildman–Crippen MR) is 242 cm³/mol. The monoisotopic (exact) mass is 797 g/mol. The van der Waals surface area contributed by atoms with Crippen LogP contribution < -0.4 is 34.0 Å². The molecule has 56 heavy (non-hydrogen) atoms. The second-order valence-electron chi connectivity index (χ2n) is 18.3. The van der Waals surface area contributed by atoms with E-state index in [0.717, 1.165) is 32.1 Å². The summed E-state index contributed by atoms with van der Waals surface area (Å²) in [6, 6.07) is 1.08. The summed E-state index contributed by atoms with van der Waals surface area (Å²) in [6.45, 7) is 6.53. The third kappa shape index (κ3) is 37.5. The molecule has 0 aromatic rings. The summed E-state index contributed by atoms with van der Waals surface area (Å²) in [4.78, 5) is 12.0. The van der Waals surface area contributed by atoms with E-state index < -0.39 is 18.2 Å². The molecule has 0 unspecified atom stereocenters. The Hall–Kier alpha value is -0.810. The first-order chi connectivity index (χ1) is 27.0. The zero-order valence-corrected chi connectivity index (χ0v) is 37.6. The lowest BCUT2D eigenvalue weighted by Gasteiger charge is -2.21. The highest BCUT2D eigenvalue weighted by atomic mass is 16.3. The Morgan fingerprint density at radius 1 is 0.446 bits per heavy atom. The highest BCUT2D eigenvalue weighted by Gasteiger charge is 2.21. The van der Waals surface area contributed by atoms with Crippen molar-refractivity contribution in [3.63, 3.8) is 0 Å². The van der Waals surface area contributed by atoms with Crippen molar-refractivity contribution in [2.75, 3.05) is 6.54 Å². The maximum absolute atomic E-state index is 12.0. The summed E-state index contributed by atoms with van der Waals surface area (Å²) in [6.07, 6.45) is 38.4. The van der Waals surface area contributed by atoms with Crippen molar-refractivity contribution in [2.24, 2.45) is 34.6 Å². The lowest BCUT2D eigenvalue weighted by molar-refractivity contribution is -0.123. The molecule has 0 bridgehead atoms. The molecule has 1 amide bonds. The van der Waals surface area contributed by atoms with Gasteiger partial charge in [-0.25, -0.2) is 0 Å². The second kappa shape index (κ2) is 39.6. The summed E-state index contributed by atoms with van der Waals surface area (Å²) >= 11 is 0. The van der Waals surface area contributed by atoms with Crippen LogP contribution in [0.3, 0.4) is 0 Å². The zero-order valence-electron chi connectivity index (χ0n) is 37.6. The molecule has 0 aliphatic carbocycles. The molecule has 7 atom stereocenters. The summed E-state index contributed by atoms with van der Waals surface area (Å²) in [5.74, 6) is -0.0994. The molecule has 0 aromatic carbocycles. The molecule has 0 fully saturated rings. The van der Waals surface area contributed by atoms with Crippen LogP contribution in [-0.4, -0.2) is 65.1 Å². The van der Waals surface area contributed by atoms with E-state index in [0.29, 0.717) is 37.1 Å². The van der Waals surface area contributed by atoms with E-state index in [2.05, 4.69) is 12.2 Å². The number of unbranched alkanes of at least 4 members (excludes halogenated alkanes) is 18. The Balaban J connectivity index is 3.48. The Bertz CT molecular complexity index is 836. The van der Waals surface area contributed by atoms with Crippen LogP contribution in [0, 0.1) is 5.92 Å². The highest BCUT2D eigenvalue weighted by molar-refractivity contribution is 5.76. The van der Waals surface area contributed by atoms with Crippen LogP contribution in [0.2, 0.25) is 0 Å². The largest absolute Gasteiger partial charge is 0.393 e. The Morgan fingerprint density at radius 2 is 0.732 bits per heavy atom. The molecule has 13 N–H and O–H groups in total. The van der Waals surface area contributed by atoms with Gasteiger partial charge in [0.2, 0.25) is 5.91 Å². The number of carbonyl (C=O) groups is 1. The molecule has 0 radical (unpaired) electrons. The number of hydrogen-bond donors (Lipinski definition) is 8. The number of rotatable bonds is 43. The van der Waals surface area contributed by atoms with Gasteiger partial charge in [-0.3, -0.25) is 4.79 Å². The van der Waals surface area contributed by atoms with Crippen molar-refractivity contribution in [1.29, 1.82) is 0 Å². The number of aliphatic hydroxyl groups excluding tert-OH is 2. The maximum Gasteiger partial charge on any atom is 0.222 e. The fraction of sp³-hybridized carbons (Fsp3) is 0.979. The molecule has 336 valence electrons. The fourth-order valence-corrected chi connectivity index (χ4v) is 7.95. The number of amides is 1. The normalized spacial score (nSPS) is 15.8. The van der Waals surface area contributed by atoms with Gasteiger partial charge in [-0.15, -0.1) is 0 Å². The Morgan fingerprint density at radius 3 is 1.04 bits per heavy atom. The van der Waals surface area contributed by atoms with Crippen LogP contribution >= 0.6 is 0 Å². The minimum atomic E-state index is -0.840. The quantitative estimate of drug-likeness (QED) is 0.0279. The minimum absolute atomic E-state index is 0.00440. The van der Waals surface area contributed by atoms with Crippen LogP contribution in [0.15, 0.2) is 0 Å². The first-order valence-corrected chi connectivity index (χ1v) is 24.4. The van der Waals surface area contributed by atoms with Gasteiger partial charge >= 0.3 is 0 Å². The topological polar surface area (TPSA) is 200 Å². The molecule has 0 aliphatic rings. The van der Waals surface area contributed by atoms with Crippen LogP contribution in [0.25, 0.3) is 0 Å². The zero-order chi connectivity index (χ0) is 41.7. The Labute approximate surface area is 348 Å². The first-order valence-electron chi connectivity index (χ1n) is 24.4. The van der Waals surface area contributed by atoms with Crippen molar-refractivity contribution in [1.82, 2.24) is 5.32 Å². The maximum atomic E-state index is 12.0. The molecule has 0 saturated carbocycles. The standard InChI is InChI=1S/C47H100N6O3/c1-4-5-18-27-40(48)28-19-10-6-11-20-29-41(49)30-21-12-7-13-22-31-42(50)32-23-14-8-15-24-33-43(51)34-25-16-9-17-26-35-44(54)36-37-53-46(56)38-45(55)47(52)39(2)3/h39-45,47,54-55H,4-38,48-52H2,1-3H3,(H,53,56)/t40-,41-,42-,43+,44-,45-,47-/m1/s1. The van der Waals surface area contributed by atoms with E-state index in [4.69, 9.17) is 28.7 Å². The van der Waals surface area contributed by atoms with Gasteiger partial charge in [0.1, 0.15) is 0 Å². The smallest absolute Gasteiger partial charge is 0.222 e. The van der Waals surface area contributed by atoms with Crippen molar-refractivity contribution in [2.45, 2.75) is 281 Å². The Kier molecular flexibility index (Phi) is 39.1. The SMILES string of the molecule is CCCCC[C@@H](N)CCCCCCC[C@@H](N)CCCCCCC[C@@H](N)CCCCCCC[C@H](N)CCCCCCC[C@@H](O)CCNC(=O)C[C@@H](O)[C@H](N)C(C)C. The van der Waals surface area contributed by atoms with Gasteiger partial charge in [-0.2, -0.15) is 0 Å². The third-order valence-corrected chi connectivity index (χ3v) is 12.1. The highest BCUT2D eigenvalue weighted by Crippen LogP contribution is 2.17. The minimum Gasteiger partial charge on any atom is -0.393 e. The third-order valence-electron chi connectivity index (χ3n) is 12.1. The average Bonchev–Trinajstić information content (AvgIpc) is 3.15. The van der Waals surface area contributed by atoms with E-state index in [-0.39, 0.29) is 18.2 Å². The van der Waals surface area contributed by atoms with Gasteiger partial charge in [0.25, 0.3) is 0 Å². The van der Waals surface area contributed by atoms with E-state index in [1.165, 1.54) is 173 Å². The summed E-state index contributed by atoms with van der Waals surface area (Å²) in [7, 11) is 0. The fourth-order valence-electron chi connectivity index (χ4n) is 7.95. The second-order valence-corrected chi connectivity index (χ2v) is 18.3. The summed E-state index contributed by atoms with van der Waals surface area (Å²) < 4.78 is 0. The molecular weight excluding hydrogens is 697 g/mol. The van der Waals surface area contributed by atoms with Crippen molar-refractivity contribution in [3.8, 4) is 0 Å². The molecule has 9 nitrogen and oxygen atoms in total. The van der Waals surface area contributed by atoms with Crippen LogP contribution in [0.4, 0.5) is 0 Å². The van der Waals surface area contributed by atoms with E-state index in [1.54, 1.807) is 0 Å². The number of nitrogens with one attached hydrogen (secondary N) is 1. The van der Waals surface area contributed by atoms with Gasteiger partial charge < -0.3 is 44.2 Å². The summed E-state index contributed by atoms with van der Waals surface area (Å²) in [5, 5.41) is 23.0. The number of aliphatic hydroxyl groups is 2. The molecule has 0 saturated heterocycles. The number of nitrogens with two attached hydrogens (primary N) is 5. The van der Waals surface area contributed by atoms with Crippen molar-refractivity contribution >= 4 is 5.91 Å². The van der Waals surface area contributed by atoms with E-state index >= 15 is 0 Å². The molecule has 9 heteroatoms. The lowest BCUT2D eigenvalue weighted by atomic mass is 9.97. The van der Waals surface area contributed by atoms with Crippen LogP contribution in [0.1, 0.15) is 239 Å². The number of carbonyl (C=O) groups excluding carboxylic acids is 1. The van der Waals surface area contributed by atoms with Gasteiger partial charge in [0.05, 0.1) is 18.6 Å². The van der Waals surface area contributed by atoms with Gasteiger partial charge in [-0.05, 0) is 70.1 Å². The summed E-state index contributed by atoms with van der Waals surface area (Å²) in [5.41, 5.74) is 31.4. The average molecular weight is 797 g/mol. The molecular formula is C47H100N6O3. The predicted octanol–water partition coefficient (Wildman–Crippen LogP) is 9.40. The molecule has 0 aliphatic heterocycles. The molecule has 0 spiro atoms. The molecule has 0 heterocycles. The first kappa shape index (κ1) is 55.2. The van der Waals surface area contributed by atoms with Crippen molar-refractivity contribution < 1.29 is 15.0 Å². The molecule has 0 rings (SSSR count). The van der Waals surface area contributed by atoms with Crippen molar-refractivity contribution in [3.05, 3.63) is 0 Å².